The monoisotopic (exact) mass is 286 g/mol. The number of halogens is 2. The van der Waals surface area contributed by atoms with Crippen LogP contribution >= 0.6 is 34.2 Å². The minimum atomic E-state index is 0.660. The van der Waals surface area contributed by atoms with E-state index in [1.807, 2.05) is 6.08 Å². The number of rotatable bonds is 7. The van der Waals surface area contributed by atoms with Crippen molar-refractivity contribution < 1.29 is 0 Å². The highest BCUT2D eigenvalue weighted by Crippen LogP contribution is 2.05. The van der Waals surface area contributed by atoms with Crippen LogP contribution < -0.4 is 0 Å². The summed E-state index contributed by atoms with van der Waals surface area (Å²) in [7, 11) is 0. The summed E-state index contributed by atoms with van der Waals surface area (Å²) in [5.74, 6) is 0.660. The molecular weight excluding hydrogens is 270 g/mol. The van der Waals surface area contributed by atoms with Crippen molar-refractivity contribution >= 4 is 34.2 Å². The van der Waals surface area contributed by atoms with Crippen LogP contribution in [0.5, 0.6) is 0 Å². The summed E-state index contributed by atoms with van der Waals surface area (Å²) in [6.45, 7) is 0. The van der Waals surface area contributed by atoms with Crippen molar-refractivity contribution in [3.8, 4) is 0 Å². The Labute approximate surface area is 88.5 Å². The van der Waals surface area contributed by atoms with Gasteiger partial charge in [-0.15, -0.1) is 11.6 Å². The van der Waals surface area contributed by atoms with E-state index in [9.17, 15) is 0 Å². The zero-order chi connectivity index (χ0) is 8.36. The van der Waals surface area contributed by atoms with Gasteiger partial charge in [0.1, 0.15) is 0 Å². The number of alkyl halides is 2. The predicted octanol–water partition coefficient (Wildman–Crippen LogP) is 4.17. The van der Waals surface area contributed by atoms with Crippen LogP contribution in [0.3, 0.4) is 0 Å². The predicted molar refractivity (Wildman–Crippen MR) is 61.8 cm³/mol. The molecule has 0 radical (unpaired) electrons. The van der Waals surface area contributed by atoms with Crippen LogP contribution in [0, 0.1) is 0 Å². The van der Waals surface area contributed by atoms with Gasteiger partial charge in [0, 0.05) is 5.88 Å². The standard InChI is InChI=1S/C9H16ClI/c10-8-6-4-2-1-3-5-7-9-11/h4,6H,1-3,5,7-9H2. The zero-order valence-corrected chi connectivity index (χ0v) is 9.77. The lowest BCUT2D eigenvalue weighted by Gasteiger charge is -1.94. The maximum absolute atomic E-state index is 5.48. The zero-order valence-electron chi connectivity index (χ0n) is 6.86. The van der Waals surface area contributed by atoms with Gasteiger partial charge in [0.15, 0.2) is 0 Å². The van der Waals surface area contributed by atoms with Crippen molar-refractivity contribution in [2.24, 2.45) is 0 Å². The van der Waals surface area contributed by atoms with Crippen molar-refractivity contribution in [2.45, 2.75) is 32.1 Å². The summed E-state index contributed by atoms with van der Waals surface area (Å²) in [5, 5.41) is 0. The average molecular weight is 287 g/mol. The Kier molecular flexibility index (Phi) is 11.5. The second-order valence-corrected chi connectivity index (χ2v) is 3.90. The van der Waals surface area contributed by atoms with Gasteiger partial charge in [0.25, 0.3) is 0 Å². The van der Waals surface area contributed by atoms with Crippen LogP contribution in [-0.4, -0.2) is 10.3 Å². The first-order valence-corrected chi connectivity index (χ1v) is 6.24. The molecule has 0 saturated carbocycles. The molecule has 2 heteroatoms. The fourth-order valence-corrected chi connectivity index (χ4v) is 1.56. The second kappa shape index (κ2) is 10.8. The van der Waals surface area contributed by atoms with E-state index in [1.165, 1.54) is 36.5 Å². The topological polar surface area (TPSA) is 0 Å². The van der Waals surface area contributed by atoms with E-state index in [1.54, 1.807) is 0 Å². The number of allylic oxidation sites excluding steroid dienone is 2. The molecule has 0 heterocycles. The van der Waals surface area contributed by atoms with Gasteiger partial charge in [0.2, 0.25) is 0 Å². The highest BCUT2D eigenvalue weighted by atomic mass is 127. The molecular formula is C9H16ClI. The Morgan fingerprint density at radius 1 is 1.00 bits per heavy atom. The van der Waals surface area contributed by atoms with Gasteiger partial charge >= 0.3 is 0 Å². The smallest absolute Gasteiger partial charge is 0.0404 e. The molecule has 0 N–H and O–H groups in total. The van der Waals surface area contributed by atoms with Gasteiger partial charge in [0.05, 0.1) is 0 Å². The molecule has 0 spiro atoms. The van der Waals surface area contributed by atoms with Crippen molar-refractivity contribution in [1.29, 1.82) is 0 Å². The van der Waals surface area contributed by atoms with Crippen LogP contribution in [0.15, 0.2) is 12.2 Å². The third-order valence-electron chi connectivity index (χ3n) is 1.51. The summed E-state index contributed by atoms with van der Waals surface area (Å²) in [4.78, 5) is 0. The fourth-order valence-electron chi connectivity index (χ4n) is 0.891. The quantitative estimate of drug-likeness (QED) is 0.285. The van der Waals surface area contributed by atoms with Gasteiger partial charge in [-0.1, -0.05) is 47.6 Å². The first kappa shape index (κ1) is 11.8. The third-order valence-corrected chi connectivity index (χ3v) is 2.45. The van der Waals surface area contributed by atoms with Gasteiger partial charge in [-0.25, -0.2) is 0 Å². The summed E-state index contributed by atoms with van der Waals surface area (Å²) in [5.41, 5.74) is 0. The molecule has 0 aliphatic carbocycles. The highest BCUT2D eigenvalue weighted by Gasteiger charge is 1.85. The van der Waals surface area contributed by atoms with E-state index in [2.05, 4.69) is 28.7 Å². The van der Waals surface area contributed by atoms with E-state index < -0.39 is 0 Å². The normalized spacial score (nSPS) is 11.1. The second-order valence-electron chi connectivity index (χ2n) is 2.52. The molecule has 0 atom stereocenters. The lowest BCUT2D eigenvalue weighted by atomic mass is 10.1. The molecule has 0 aliphatic heterocycles. The van der Waals surface area contributed by atoms with E-state index in [0.29, 0.717) is 5.88 Å². The molecule has 0 bridgehead atoms. The number of unbranched alkanes of at least 4 members (excludes halogenated alkanes) is 4. The van der Waals surface area contributed by atoms with Crippen molar-refractivity contribution in [3.05, 3.63) is 12.2 Å². The van der Waals surface area contributed by atoms with Crippen molar-refractivity contribution in [3.63, 3.8) is 0 Å². The van der Waals surface area contributed by atoms with Gasteiger partial charge in [-0.3, -0.25) is 0 Å². The van der Waals surface area contributed by atoms with Crippen LogP contribution in [0.1, 0.15) is 32.1 Å². The summed E-state index contributed by atoms with van der Waals surface area (Å²) in [6.07, 6.45) is 10.9. The molecule has 11 heavy (non-hydrogen) atoms. The van der Waals surface area contributed by atoms with Crippen molar-refractivity contribution in [1.82, 2.24) is 0 Å². The summed E-state index contributed by atoms with van der Waals surface area (Å²) in [6, 6.07) is 0. The van der Waals surface area contributed by atoms with Crippen LogP contribution in [0.4, 0.5) is 0 Å². The first-order chi connectivity index (χ1) is 5.41. The lowest BCUT2D eigenvalue weighted by Crippen LogP contribution is -1.77. The summed E-state index contributed by atoms with van der Waals surface area (Å²) < 4.78 is 1.30. The van der Waals surface area contributed by atoms with Gasteiger partial charge < -0.3 is 0 Å². The van der Waals surface area contributed by atoms with E-state index >= 15 is 0 Å². The van der Waals surface area contributed by atoms with Crippen LogP contribution in [0.25, 0.3) is 0 Å². The molecule has 0 nitrogen and oxygen atoms in total. The largest absolute Gasteiger partial charge is 0.122 e. The Bertz CT molecular complexity index is 91.6. The molecule has 0 aliphatic rings. The molecule has 66 valence electrons. The Morgan fingerprint density at radius 2 is 1.73 bits per heavy atom. The minimum Gasteiger partial charge on any atom is -0.122 e. The maximum Gasteiger partial charge on any atom is 0.0404 e. The number of hydrogen-bond acceptors (Lipinski definition) is 0. The average Bonchev–Trinajstić information content (AvgIpc) is 2.03. The molecule has 0 amide bonds. The van der Waals surface area contributed by atoms with E-state index in [4.69, 9.17) is 11.6 Å². The van der Waals surface area contributed by atoms with E-state index in [0.717, 1.165) is 0 Å². The molecule has 0 unspecified atom stereocenters. The van der Waals surface area contributed by atoms with Gasteiger partial charge in [-0.05, 0) is 23.7 Å². The van der Waals surface area contributed by atoms with Crippen LogP contribution in [0.2, 0.25) is 0 Å². The first-order valence-electron chi connectivity index (χ1n) is 4.18. The SMILES string of the molecule is ClCC=CCCCCCCI. The highest BCUT2D eigenvalue weighted by molar-refractivity contribution is 14.1. The molecule has 0 aromatic rings. The maximum atomic E-state index is 5.48. The summed E-state index contributed by atoms with van der Waals surface area (Å²) >= 11 is 7.91. The minimum absolute atomic E-state index is 0.660. The number of hydrogen-bond donors (Lipinski definition) is 0. The Morgan fingerprint density at radius 3 is 2.36 bits per heavy atom. The molecule has 0 saturated heterocycles. The van der Waals surface area contributed by atoms with Gasteiger partial charge in [-0.2, -0.15) is 0 Å². The van der Waals surface area contributed by atoms with E-state index in [-0.39, 0.29) is 0 Å². The fraction of sp³-hybridized carbons (Fsp3) is 0.778. The Balaban J connectivity index is 2.85. The lowest BCUT2D eigenvalue weighted by molar-refractivity contribution is 0.681. The molecule has 0 aromatic heterocycles. The molecule has 0 rings (SSSR count). The molecule has 0 fully saturated rings. The van der Waals surface area contributed by atoms with Crippen molar-refractivity contribution in [2.75, 3.05) is 10.3 Å². The third kappa shape index (κ3) is 10.8. The Hall–Kier alpha value is 0.760. The van der Waals surface area contributed by atoms with Crippen LogP contribution in [-0.2, 0) is 0 Å². The molecule has 0 aromatic carbocycles.